The zero-order chi connectivity index (χ0) is 13.9. The summed E-state index contributed by atoms with van der Waals surface area (Å²) in [5, 5.41) is 0. The molecule has 1 unspecified atom stereocenters. The minimum atomic E-state index is -0.408. The summed E-state index contributed by atoms with van der Waals surface area (Å²) in [6.07, 6.45) is 0. The monoisotopic (exact) mass is 253 g/mol. The Bertz CT molecular complexity index is 508. The average Bonchev–Trinajstić information content (AvgIpc) is 2.47. The van der Waals surface area contributed by atoms with E-state index in [9.17, 15) is 4.79 Å². The maximum absolute atomic E-state index is 11.7. The summed E-state index contributed by atoms with van der Waals surface area (Å²) in [4.78, 5) is 11.7. The summed E-state index contributed by atoms with van der Waals surface area (Å²) in [6, 6.07) is 20.1. The van der Waals surface area contributed by atoms with Crippen LogP contribution in [0.25, 0.3) is 0 Å². The third-order valence-electron chi connectivity index (χ3n) is 4.04. The van der Waals surface area contributed by atoms with Crippen LogP contribution in [0, 0.1) is 5.92 Å². The van der Waals surface area contributed by atoms with E-state index in [4.69, 9.17) is 5.73 Å². The van der Waals surface area contributed by atoms with Crippen LogP contribution in [-0.2, 0) is 10.2 Å². The lowest BCUT2D eigenvalue weighted by Gasteiger charge is -2.35. The highest BCUT2D eigenvalue weighted by Gasteiger charge is 2.37. The third-order valence-corrected chi connectivity index (χ3v) is 4.04. The molecule has 2 aromatic rings. The van der Waals surface area contributed by atoms with Crippen molar-refractivity contribution in [3.8, 4) is 0 Å². The summed E-state index contributed by atoms with van der Waals surface area (Å²) in [6.45, 7) is 3.97. The van der Waals surface area contributed by atoms with Gasteiger partial charge in [0, 0.05) is 11.3 Å². The molecule has 2 N–H and O–H groups in total. The van der Waals surface area contributed by atoms with Gasteiger partial charge in [0.1, 0.15) is 0 Å². The quantitative estimate of drug-likeness (QED) is 0.893. The molecule has 0 heterocycles. The number of carbonyl (C=O) groups is 1. The fourth-order valence-electron chi connectivity index (χ4n) is 2.52. The Labute approximate surface area is 114 Å². The van der Waals surface area contributed by atoms with Crippen LogP contribution in [0.15, 0.2) is 60.7 Å². The maximum Gasteiger partial charge on any atom is 0.221 e. The minimum Gasteiger partial charge on any atom is -0.369 e. The van der Waals surface area contributed by atoms with Gasteiger partial charge in [-0.1, -0.05) is 74.5 Å². The van der Waals surface area contributed by atoms with Gasteiger partial charge in [-0.2, -0.15) is 0 Å². The van der Waals surface area contributed by atoms with Gasteiger partial charge in [-0.15, -0.1) is 0 Å². The molecule has 2 aromatic carbocycles. The molecule has 0 saturated heterocycles. The number of rotatable bonds is 4. The Morgan fingerprint density at radius 1 is 0.947 bits per heavy atom. The van der Waals surface area contributed by atoms with E-state index in [1.165, 1.54) is 0 Å². The van der Waals surface area contributed by atoms with Crippen molar-refractivity contribution in [2.75, 3.05) is 0 Å². The fourth-order valence-corrected chi connectivity index (χ4v) is 2.52. The van der Waals surface area contributed by atoms with Gasteiger partial charge in [-0.05, 0) is 11.1 Å². The first-order valence-corrected chi connectivity index (χ1v) is 6.47. The largest absolute Gasteiger partial charge is 0.369 e. The highest BCUT2D eigenvalue weighted by atomic mass is 16.1. The summed E-state index contributed by atoms with van der Waals surface area (Å²) in [5.41, 5.74) is 7.36. The lowest BCUT2D eigenvalue weighted by molar-refractivity contribution is -0.122. The molecule has 19 heavy (non-hydrogen) atoms. The first-order chi connectivity index (χ1) is 9.06. The predicted octanol–water partition coefficient (Wildman–Crippen LogP) is 3.11. The first-order valence-electron chi connectivity index (χ1n) is 6.47. The van der Waals surface area contributed by atoms with Crippen LogP contribution < -0.4 is 5.73 Å². The Balaban J connectivity index is 2.61. The molecule has 0 aliphatic heterocycles. The van der Waals surface area contributed by atoms with Crippen molar-refractivity contribution in [2.45, 2.75) is 19.3 Å². The van der Waals surface area contributed by atoms with E-state index >= 15 is 0 Å². The second-order valence-corrected chi connectivity index (χ2v) is 5.06. The molecule has 0 aliphatic carbocycles. The van der Waals surface area contributed by atoms with E-state index in [2.05, 4.69) is 6.92 Å². The SMILES string of the molecule is CC(C(N)=O)C(C)(c1ccccc1)c1ccccc1. The zero-order valence-corrected chi connectivity index (χ0v) is 11.3. The highest BCUT2D eigenvalue weighted by Crippen LogP contribution is 2.38. The van der Waals surface area contributed by atoms with Gasteiger partial charge < -0.3 is 5.73 Å². The third kappa shape index (κ3) is 2.39. The van der Waals surface area contributed by atoms with E-state index in [1.54, 1.807) is 0 Å². The van der Waals surface area contributed by atoms with E-state index < -0.39 is 5.41 Å². The molecule has 0 saturated carbocycles. The zero-order valence-electron chi connectivity index (χ0n) is 11.3. The molecule has 1 atom stereocenters. The molecule has 0 aliphatic rings. The Hall–Kier alpha value is -2.09. The maximum atomic E-state index is 11.7. The number of hydrogen-bond acceptors (Lipinski definition) is 1. The number of nitrogens with two attached hydrogens (primary N) is 1. The summed E-state index contributed by atoms with van der Waals surface area (Å²) < 4.78 is 0. The Kier molecular flexibility index (Phi) is 3.70. The van der Waals surface area contributed by atoms with Crippen molar-refractivity contribution in [3.05, 3.63) is 71.8 Å². The first kappa shape index (κ1) is 13.3. The number of carbonyl (C=O) groups excluding carboxylic acids is 1. The molecule has 0 radical (unpaired) electrons. The molecule has 2 heteroatoms. The normalized spacial score (nSPS) is 12.9. The standard InChI is InChI=1S/C17H19NO/c1-13(16(18)19)17(2,14-9-5-3-6-10-14)15-11-7-4-8-12-15/h3-13H,1-2H3,(H2,18,19). The van der Waals surface area contributed by atoms with Gasteiger partial charge in [-0.25, -0.2) is 0 Å². The molecule has 98 valence electrons. The summed E-state index contributed by atoms with van der Waals surface area (Å²) >= 11 is 0. The van der Waals surface area contributed by atoms with Crippen molar-refractivity contribution >= 4 is 5.91 Å². The lowest BCUT2D eigenvalue weighted by atomic mass is 9.67. The van der Waals surface area contributed by atoms with E-state index in [1.807, 2.05) is 67.6 Å². The van der Waals surface area contributed by atoms with Crippen molar-refractivity contribution in [1.29, 1.82) is 0 Å². The van der Waals surface area contributed by atoms with Crippen molar-refractivity contribution in [2.24, 2.45) is 11.7 Å². The van der Waals surface area contributed by atoms with Crippen molar-refractivity contribution in [3.63, 3.8) is 0 Å². The fraction of sp³-hybridized carbons (Fsp3) is 0.235. The topological polar surface area (TPSA) is 43.1 Å². The van der Waals surface area contributed by atoms with Crippen LogP contribution in [0.4, 0.5) is 0 Å². The highest BCUT2D eigenvalue weighted by molar-refractivity contribution is 5.79. The average molecular weight is 253 g/mol. The molecule has 0 aromatic heterocycles. The van der Waals surface area contributed by atoms with Gasteiger partial charge in [0.25, 0.3) is 0 Å². The van der Waals surface area contributed by atoms with Crippen LogP contribution in [0.3, 0.4) is 0 Å². The molecule has 1 amide bonds. The second kappa shape index (κ2) is 5.27. The lowest BCUT2D eigenvalue weighted by Crippen LogP contribution is -2.39. The molecule has 0 spiro atoms. The smallest absolute Gasteiger partial charge is 0.221 e. The molecular formula is C17H19NO. The van der Waals surface area contributed by atoms with Crippen LogP contribution in [0.5, 0.6) is 0 Å². The van der Waals surface area contributed by atoms with Crippen LogP contribution in [-0.4, -0.2) is 5.91 Å². The predicted molar refractivity (Wildman–Crippen MR) is 77.7 cm³/mol. The van der Waals surface area contributed by atoms with Crippen LogP contribution in [0.1, 0.15) is 25.0 Å². The molecular weight excluding hydrogens is 234 g/mol. The number of primary amides is 1. The molecule has 0 fully saturated rings. The van der Waals surface area contributed by atoms with Crippen molar-refractivity contribution in [1.82, 2.24) is 0 Å². The molecule has 2 nitrogen and oxygen atoms in total. The second-order valence-electron chi connectivity index (χ2n) is 5.06. The van der Waals surface area contributed by atoms with Crippen LogP contribution in [0.2, 0.25) is 0 Å². The van der Waals surface area contributed by atoms with Crippen LogP contribution >= 0.6 is 0 Å². The van der Waals surface area contributed by atoms with Gasteiger partial charge >= 0.3 is 0 Å². The molecule has 2 rings (SSSR count). The van der Waals surface area contributed by atoms with Gasteiger partial charge in [-0.3, -0.25) is 4.79 Å². The Morgan fingerprint density at radius 2 is 1.32 bits per heavy atom. The Morgan fingerprint density at radius 3 is 1.63 bits per heavy atom. The van der Waals surface area contributed by atoms with E-state index in [0.29, 0.717) is 0 Å². The van der Waals surface area contributed by atoms with Crippen molar-refractivity contribution < 1.29 is 4.79 Å². The van der Waals surface area contributed by atoms with E-state index in [0.717, 1.165) is 11.1 Å². The van der Waals surface area contributed by atoms with E-state index in [-0.39, 0.29) is 11.8 Å². The minimum absolute atomic E-state index is 0.280. The number of amides is 1. The van der Waals surface area contributed by atoms with Gasteiger partial charge in [0.05, 0.1) is 0 Å². The number of benzene rings is 2. The van der Waals surface area contributed by atoms with Gasteiger partial charge in [0.15, 0.2) is 0 Å². The summed E-state index contributed by atoms with van der Waals surface area (Å²) in [5.74, 6) is -0.562. The summed E-state index contributed by atoms with van der Waals surface area (Å²) in [7, 11) is 0. The number of hydrogen-bond donors (Lipinski definition) is 1. The molecule has 0 bridgehead atoms. The van der Waals surface area contributed by atoms with Gasteiger partial charge in [0.2, 0.25) is 5.91 Å².